The predicted molar refractivity (Wildman–Crippen MR) is 71.1 cm³/mol. The fourth-order valence-electron chi connectivity index (χ4n) is 2.08. The molecule has 6 heteroatoms. The zero-order valence-electron chi connectivity index (χ0n) is 10.1. The molecular weight excluding hydrogens is 266 g/mol. The summed E-state index contributed by atoms with van der Waals surface area (Å²) < 4.78 is 11.1. The number of rotatable bonds is 3. The van der Waals surface area contributed by atoms with Crippen molar-refractivity contribution in [3.63, 3.8) is 0 Å². The van der Waals surface area contributed by atoms with Crippen LogP contribution in [-0.4, -0.2) is 22.7 Å². The van der Waals surface area contributed by atoms with Gasteiger partial charge in [-0.25, -0.2) is 4.79 Å². The number of aryl methyl sites for hydroxylation is 1. The van der Waals surface area contributed by atoms with E-state index in [-0.39, 0.29) is 0 Å². The second kappa shape index (κ2) is 4.70. The Kier molecular flexibility index (Phi) is 3.02. The normalized spacial score (nSPS) is 24.2. The fraction of sp³-hybridized carbons (Fsp3) is 0.308. The van der Waals surface area contributed by atoms with Crippen LogP contribution >= 0.6 is 11.8 Å². The summed E-state index contributed by atoms with van der Waals surface area (Å²) >= 11 is 1.09. The summed E-state index contributed by atoms with van der Waals surface area (Å²) in [5.41, 5.74) is 1.06. The van der Waals surface area contributed by atoms with Crippen molar-refractivity contribution < 1.29 is 19.4 Å². The van der Waals surface area contributed by atoms with Crippen molar-refractivity contribution in [2.75, 3.05) is 6.61 Å². The fourth-order valence-corrected chi connectivity index (χ4v) is 2.79. The van der Waals surface area contributed by atoms with Crippen LogP contribution in [0, 0.1) is 0 Å². The summed E-state index contributed by atoms with van der Waals surface area (Å²) in [7, 11) is 0. The summed E-state index contributed by atoms with van der Waals surface area (Å²) in [6.07, 6.45) is 3.46. The number of nitrogens with one attached hydrogen (secondary N) is 1. The van der Waals surface area contributed by atoms with Crippen LogP contribution in [0.5, 0.6) is 11.5 Å². The van der Waals surface area contributed by atoms with Gasteiger partial charge in [-0.2, -0.15) is 0 Å². The Morgan fingerprint density at radius 3 is 3.16 bits per heavy atom. The van der Waals surface area contributed by atoms with Crippen molar-refractivity contribution in [3.8, 4) is 11.5 Å². The van der Waals surface area contributed by atoms with Crippen molar-refractivity contribution >= 4 is 17.7 Å². The van der Waals surface area contributed by atoms with E-state index in [2.05, 4.69) is 5.32 Å². The van der Waals surface area contributed by atoms with Crippen LogP contribution in [0.4, 0.5) is 0 Å². The Hall–Kier alpha value is -1.82. The molecule has 2 aliphatic rings. The maximum Gasteiger partial charge on any atom is 0.382 e. The Labute approximate surface area is 114 Å². The number of ether oxygens (including phenoxy) is 2. The van der Waals surface area contributed by atoms with E-state index < -0.39 is 11.0 Å². The van der Waals surface area contributed by atoms with Gasteiger partial charge in [-0.1, -0.05) is 11.8 Å². The lowest BCUT2D eigenvalue weighted by Crippen LogP contribution is -2.49. The number of fused-ring (bicyclic) bond motifs is 1. The van der Waals surface area contributed by atoms with E-state index in [9.17, 15) is 9.90 Å². The van der Waals surface area contributed by atoms with Gasteiger partial charge in [0, 0.05) is 6.20 Å². The number of aliphatic carboxylic acids is 1. The third kappa shape index (κ3) is 2.23. The standard InChI is InChI=1S/C13H13NO4S/c15-12(16)13(14-5-7-19-13)18-10-3-4-11-9(8-10)2-1-6-17-11/h3-5,7-8,14H,1-2,6H2,(H,15,16). The lowest BCUT2D eigenvalue weighted by atomic mass is 10.1. The zero-order valence-corrected chi connectivity index (χ0v) is 10.9. The highest BCUT2D eigenvalue weighted by atomic mass is 32.2. The van der Waals surface area contributed by atoms with Gasteiger partial charge in [-0.3, -0.25) is 0 Å². The van der Waals surface area contributed by atoms with Gasteiger partial charge in [0.15, 0.2) is 0 Å². The van der Waals surface area contributed by atoms with E-state index in [0.717, 1.165) is 42.5 Å². The quantitative estimate of drug-likeness (QED) is 0.881. The highest BCUT2D eigenvalue weighted by Crippen LogP contribution is 2.35. The molecule has 0 saturated heterocycles. The van der Waals surface area contributed by atoms with E-state index in [1.165, 1.54) is 0 Å². The molecule has 0 aromatic heterocycles. The molecular formula is C13H13NO4S. The van der Waals surface area contributed by atoms with E-state index in [1.807, 2.05) is 12.1 Å². The number of thioether (sulfide) groups is 1. The molecule has 0 fully saturated rings. The largest absolute Gasteiger partial charge is 0.493 e. The summed E-state index contributed by atoms with van der Waals surface area (Å²) in [6, 6.07) is 5.40. The van der Waals surface area contributed by atoms with Crippen LogP contribution in [-0.2, 0) is 11.2 Å². The average molecular weight is 279 g/mol. The number of carboxylic acids is 1. The second-order valence-corrected chi connectivity index (χ2v) is 5.39. The summed E-state index contributed by atoms with van der Waals surface area (Å²) in [4.78, 5) is 11.3. The van der Waals surface area contributed by atoms with E-state index in [4.69, 9.17) is 9.47 Å². The van der Waals surface area contributed by atoms with Gasteiger partial charge >= 0.3 is 11.0 Å². The van der Waals surface area contributed by atoms with Crippen molar-refractivity contribution in [2.24, 2.45) is 0 Å². The summed E-state index contributed by atoms with van der Waals surface area (Å²) in [5, 5.41) is 12.2. The van der Waals surface area contributed by atoms with Gasteiger partial charge in [-0.05, 0) is 42.0 Å². The minimum absolute atomic E-state index is 0.523. The molecule has 2 aliphatic heterocycles. The Bertz CT molecular complexity index is 535. The third-order valence-electron chi connectivity index (χ3n) is 3.00. The van der Waals surface area contributed by atoms with Crippen molar-refractivity contribution in [3.05, 3.63) is 35.4 Å². The topological polar surface area (TPSA) is 67.8 Å². The molecule has 1 atom stereocenters. The lowest BCUT2D eigenvalue weighted by Gasteiger charge is -2.26. The third-order valence-corrected chi connectivity index (χ3v) is 3.98. The Morgan fingerprint density at radius 1 is 1.53 bits per heavy atom. The first-order valence-corrected chi connectivity index (χ1v) is 6.86. The number of carboxylic acid groups (broad SMARTS) is 1. The van der Waals surface area contributed by atoms with Crippen LogP contribution in [0.25, 0.3) is 0 Å². The van der Waals surface area contributed by atoms with Gasteiger partial charge < -0.3 is 19.9 Å². The van der Waals surface area contributed by atoms with Gasteiger partial charge in [0.05, 0.1) is 6.61 Å². The number of hydrogen-bond donors (Lipinski definition) is 2. The van der Waals surface area contributed by atoms with Gasteiger partial charge in [0.25, 0.3) is 0 Å². The predicted octanol–water partition coefficient (Wildman–Crippen LogP) is 1.94. The molecule has 0 radical (unpaired) electrons. The van der Waals surface area contributed by atoms with E-state index in [0.29, 0.717) is 5.75 Å². The molecule has 100 valence electrons. The first-order chi connectivity index (χ1) is 9.20. The second-order valence-electron chi connectivity index (χ2n) is 4.31. The first kappa shape index (κ1) is 12.2. The zero-order chi connectivity index (χ0) is 13.3. The summed E-state index contributed by atoms with van der Waals surface area (Å²) in [6.45, 7) is 0.730. The molecule has 1 aromatic rings. The van der Waals surface area contributed by atoms with Gasteiger partial charge in [0.1, 0.15) is 11.5 Å². The molecule has 0 aliphatic carbocycles. The SMILES string of the molecule is O=C(O)C1(Oc2ccc3c(c2)CCCO3)NC=CS1. The number of hydrogen-bond acceptors (Lipinski definition) is 5. The Morgan fingerprint density at radius 2 is 2.42 bits per heavy atom. The minimum atomic E-state index is -1.47. The molecule has 5 nitrogen and oxygen atoms in total. The van der Waals surface area contributed by atoms with Crippen LogP contribution in [0.3, 0.4) is 0 Å². The van der Waals surface area contributed by atoms with Crippen LogP contribution in [0.2, 0.25) is 0 Å². The maximum absolute atomic E-state index is 11.3. The lowest BCUT2D eigenvalue weighted by molar-refractivity contribution is -0.148. The average Bonchev–Trinajstić information content (AvgIpc) is 2.88. The van der Waals surface area contributed by atoms with Gasteiger partial charge in [0.2, 0.25) is 0 Å². The number of benzene rings is 1. The molecule has 0 saturated carbocycles. The molecule has 3 rings (SSSR count). The van der Waals surface area contributed by atoms with Gasteiger partial charge in [-0.15, -0.1) is 0 Å². The van der Waals surface area contributed by atoms with Crippen molar-refractivity contribution in [2.45, 2.75) is 17.9 Å². The molecule has 0 amide bonds. The molecule has 19 heavy (non-hydrogen) atoms. The number of carbonyl (C=O) groups is 1. The minimum Gasteiger partial charge on any atom is -0.493 e. The highest BCUT2D eigenvalue weighted by molar-refractivity contribution is 8.04. The molecule has 2 heterocycles. The highest BCUT2D eigenvalue weighted by Gasteiger charge is 2.43. The van der Waals surface area contributed by atoms with Crippen molar-refractivity contribution in [1.82, 2.24) is 5.32 Å². The monoisotopic (exact) mass is 279 g/mol. The van der Waals surface area contributed by atoms with Crippen molar-refractivity contribution in [1.29, 1.82) is 0 Å². The van der Waals surface area contributed by atoms with Crippen LogP contribution in [0.15, 0.2) is 29.8 Å². The van der Waals surface area contributed by atoms with E-state index in [1.54, 1.807) is 17.7 Å². The maximum atomic E-state index is 11.3. The summed E-state index contributed by atoms with van der Waals surface area (Å²) in [5.74, 6) is 0.319. The van der Waals surface area contributed by atoms with Crippen LogP contribution in [0.1, 0.15) is 12.0 Å². The first-order valence-electron chi connectivity index (χ1n) is 5.98. The Balaban J connectivity index is 1.84. The molecule has 1 aromatic carbocycles. The molecule has 0 spiro atoms. The smallest absolute Gasteiger partial charge is 0.382 e. The molecule has 1 unspecified atom stereocenters. The molecule has 2 N–H and O–H groups in total. The molecule has 0 bridgehead atoms. The van der Waals surface area contributed by atoms with E-state index >= 15 is 0 Å². The van der Waals surface area contributed by atoms with Crippen LogP contribution < -0.4 is 14.8 Å².